The molecule has 0 saturated heterocycles. The number of hydrogen-bond donors (Lipinski definition) is 10. The van der Waals surface area contributed by atoms with Gasteiger partial charge < -0.3 is 46.2 Å². The molecule has 5 unspecified atom stereocenters. The van der Waals surface area contributed by atoms with E-state index in [4.69, 9.17) is 4.74 Å². The number of hydrogen-bond acceptors (Lipinski definition) is 13. The molecule has 2 aromatic carbocycles. The number of phenolic OH excluding ortho intramolecular Hbond substituents is 1. The van der Waals surface area contributed by atoms with Crippen LogP contribution < -0.4 is 26.6 Å². The maximum Gasteiger partial charge on any atom is 0.322 e. The van der Waals surface area contributed by atoms with Crippen molar-refractivity contribution in [1.29, 1.82) is 0 Å². The number of methoxy groups -OCH3 is 1. The number of nitrogens with zero attached hydrogens (tertiary/aromatic N) is 2. The largest absolute Gasteiger partial charge is 0.508 e. The Kier molecular flexibility index (Phi) is 9.82. The molecule has 0 spiro atoms. The minimum Gasteiger partial charge on any atom is -0.508 e. The Bertz CT molecular complexity index is 1320. The van der Waals surface area contributed by atoms with Gasteiger partial charge in [-0.3, -0.25) is 30.2 Å². The van der Waals surface area contributed by atoms with Gasteiger partial charge in [-0.05, 0) is 18.2 Å². The van der Waals surface area contributed by atoms with Gasteiger partial charge in [0.1, 0.15) is 30.4 Å². The molecule has 2 aromatic rings. The van der Waals surface area contributed by atoms with Crippen molar-refractivity contribution >= 4 is 34.9 Å². The first-order chi connectivity index (χ1) is 19.6. The second kappa shape index (κ2) is 13.5. The number of guanidine groups is 1. The molecule has 1 amide bonds. The van der Waals surface area contributed by atoms with Gasteiger partial charge in [-0.1, -0.05) is 18.2 Å². The summed E-state index contributed by atoms with van der Waals surface area (Å²) in [5, 5.41) is 63.8. The Morgan fingerprint density at radius 1 is 1.17 bits per heavy atom. The number of anilines is 1. The molecule has 220 valence electrons. The third-order valence-corrected chi connectivity index (χ3v) is 6.35. The van der Waals surface area contributed by atoms with Gasteiger partial charge in [-0.25, -0.2) is 0 Å². The van der Waals surface area contributed by atoms with Gasteiger partial charge >= 0.3 is 5.97 Å². The van der Waals surface area contributed by atoms with Gasteiger partial charge in [0.05, 0.1) is 30.6 Å². The number of benzene rings is 2. The highest BCUT2D eigenvalue weighted by Crippen LogP contribution is 2.36. The Hall–Kier alpha value is -4.12. The minimum atomic E-state index is -1.46. The van der Waals surface area contributed by atoms with E-state index in [-0.39, 0.29) is 36.7 Å². The van der Waals surface area contributed by atoms with Gasteiger partial charge in [-0.2, -0.15) is 0 Å². The van der Waals surface area contributed by atoms with E-state index in [1.165, 1.54) is 25.3 Å². The fourth-order valence-corrected chi connectivity index (χ4v) is 4.32. The van der Waals surface area contributed by atoms with Crippen LogP contribution in [0.2, 0.25) is 0 Å². The summed E-state index contributed by atoms with van der Waals surface area (Å²) in [5.74, 6) is -1.69. The van der Waals surface area contributed by atoms with Gasteiger partial charge in [-0.15, -0.1) is 0 Å². The maximum absolute atomic E-state index is 12.4. The zero-order chi connectivity index (χ0) is 29.5. The molecule has 0 aliphatic carbocycles. The number of carbonyl (C=O) groups excluding carboxylic acids is 1. The normalized spacial score (nSPS) is 20.1. The third kappa shape index (κ3) is 7.75. The number of para-hydroxylation sites is 1. The lowest BCUT2D eigenvalue weighted by Crippen LogP contribution is -2.53. The lowest BCUT2D eigenvalue weighted by Gasteiger charge is -2.23. The van der Waals surface area contributed by atoms with Crippen LogP contribution in [-0.4, -0.2) is 101 Å². The number of phenols is 1. The number of rotatable bonds is 12. The summed E-state index contributed by atoms with van der Waals surface area (Å²) in [6, 6.07) is 10.0. The lowest BCUT2D eigenvalue weighted by atomic mass is 10.1. The first-order valence-electron chi connectivity index (χ1n) is 12.8. The standard InChI is InChI=1S/C26H33N7O8/c1-41-22-17-4-2-3-5-18(17)32-21(22)24(38)33-19(25(39)40)11-27-20(36)12-28-23(37)13-6-14(8-15(34)7-13)31-26-29-9-16(35)10-30-26/h2-8,16,19,22-24,28,33-35,37-38H,9-12H2,1H3,(H,27,36)(H,39,40)(H2,29,30,31). The van der Waals surface area contributed by atoms with Crippen molar-refractivity contribution < 1.29 is 39.9 Å². The van der Waals surface area contributed by atoms with Crippen LogP contribution in [0.3, 0.4) is 0 Å². The summed E-state index contributed by atoms with van der Waals surface area (Å²) in [4.78, 5) is 32.7. The molecule has 41 heavy (non-hydrogen) atoms. The van der Waals surface area contributed by atoms with Crippen LogP contribution in [-0.2, 0) is 14.3 Å². The first kappa shape index (κ1) is 29.9. The number of aromatic hydroxyl groups is 1. The van der Waals surface area contributed by atoms with Crippen LogP contribution in [0.4, 0.5) is 11.4 Å². The average Bonchev–Trinajstić information content (AvgIpc) is 3.33. The number of aliphatic imine (C=N–C) groups is 2. The smallest absolute Gasteiger partial charge is 0.322 e. The van der Waals surface area contributed by atoms with Gasteiger partial charge in [0.2, 0.25) is 5.91 Å². The van der Waals surface area contributed by atoms with E-state index in [0.717, 1.165) is 5.56 Å². The zero-order valence-electron chi connectivity index (χ0n) is 22.1. The fourth-order valence-electron chi connectivity index (χ4n) is 4.32. The number of β-amino-alcohol motifs (C(OH)–C–C–N with tert-alkyl or cyclic N) is 1. The van der Waals surface area contributed by atoms with Crippen molar-refractivity contribution in [2.45, 2.75) is 30.7 Å². The SMILES string of the molecule is COC1C(C(O)NC(CNC(=O)CNC(O)c2cc(O)cc(NC3=NCC(O)CN3)c2)C(=O)O)=Nc2ccccc21. The van der Waals surface area contributed by atoms with E-state index in [0.29, 0.717) is 23.9 Å². The molecule has 10 N–H and O–H groups in total. The molecular formula is C26H33N7O8. The number of carboxylic acids is 1. The molecule has 0 bridgehead atoms. The third-order valence-electron chi connectivity index (χ3n) is 6.35. The summed E-state index contributed by atoms with van der Waals surface area (Å²) >= 11 is 0. The highest BCUT2D eigenvalue weighted by Gasteiger charge is 2.34. The highest BCUT2D eigenvalue weighted by molar-refractivity contribution is 6.00. The second-order valence-corrected chi connectivity index (χ2v) is 9.42. The number of ether oxygens (including phenoxy) is 1. The lowest BCUT2D eigenvalue weighted by molar-refractivity contribution is -0.140. The average molecular weight is 572 g/mol. The molecule has 5 atom stereocenters. The number of aliphatic carboxylic acids is 1. The summed E-state index contributed by atoms with van der Waals surface area (Å²) in [7, 11) is 1.45. The van der Waals surface area contributed by atoms with Crippen LogP contribution >= 0.6 is 0 Å². The molecule has 2 aliphatic heterocycles. The minimum absolute atomic E-state index is 0.147. The Labute approximate surface area is 235 Å². The number of carboxylic acid groups (broad SMARTS) is 1. The monoisotopic (exact) mass is 571 g/mol. The van der Waals surface area contributed by atoms with Crippen LogP contribution in [0.1, 0.15) is 23.5 Å². The Morgan fingerprint density at radius 2 is 1.95 bits per heavy atom. The van der Waals surface area contributed by atoms with E-state index in [2.05, 4.69) is 36.6 Å². The highest BCUT2D eigenvalue weighted by atomic mass is 16.5. The number of aliphatic hydroxyl groups excluding tert-OH is 3. The summed E-state index contributed by atoms with van der Waals surface area (Å²) in [6.45, 7) is -0.224. The quantitative estimate of drug-likeness (QED) is 0.133. The van der Waals surface area contributed by atoms with E-state index in [1.54, 1.807) is 24.3 Å². The van der Waals surface area contributed by atoms with Crippen molar-refractivity contribution in [1.82, 2.24) is 21.3 Å². The number of nitrogens with one attached hydrogen (secondary N) is 5. The second-order valence-electron chi connectivity index (χ2n) is 9.42. The van der Waals surface area contributed by atoms with Gasteiger partial charge in [0, 0.05) is 43.1 Å². The summed E-state index contributed by atoms with van der Waals surface area (Å²) < 4.78 is 5.44. The Balaban J connectivity index is 1.28. The predicted octanol–water partition coefficient (Wildman–Crippen LogP) is -1.34. The zero-order valence-corrected chi connectivity index (χ0v) is 22.1. The number of carbonyl (C=O) groups is 2. The van der Waals surface area contributed by atoms with Crippen LogP contribution in [0.15, 0.2) is 52.4 Å². The molecule has 0 fully saturated rings. The molecule has 0 saturated carbocycles. The van der Waals surface area contributed by atoms with Crippen molar-refractivity contribution in [2.24, 2.45) is 9.98 Å². The maximum atomic E-state index is 12.4. The molecule has 15 nitrogen and oxygen atoms in total. The van der Waals surface area contributed by atoms with Crippen LogP contribution in [0.25, 0.3) is 0 Å². The van der Waals surface area contributed by atoms with Crippen molar-refractivity contribution in [3.05, 3.63) is 53.6 Å². The molecule has 2 aliphatic rings. The van der Waals surface area contributed by atoms with Crippen molar-refractivity contribution in [3.8, 4) is 5.75 Å². The molecule has 0 radical (unpaired) electrons. The fraction of sp³-hybridized carbons (Fsp3) is 0.385. The summed E-state index contributed by atoms with van der Waals surface area (Å²) in [5.41, 5.74) is 2.20. The molecule has 4 rings (SSSR count). The number of amides is 1. The van der Waals surface area contributed by atoms with E-state index < -0.39 is 42.6 Å². The van der Waals surface area contributed by atoms with Crippen LogP contribution in [0.5, 0.6) is 5.75 Å². The van der Waals surface area contributed by atoms with Crippen molar-refractivity contribution in [2.75, 3.05) is 38.6 Å². The predicted molar refractivity (Wildman–Crippen MR) is 148 cm³/mol. The molecular weight excluding hydrogens is 538 g/mol. The van der Waals surface area contributed by atoms with Crippen molar-refractivity contribution in [3.63, 3.8) is 0 Å². The van der Waals surface area contributed by atoms with Gasteiger partial charge in [0.25, 0.3) is 0 Å². The van der Waals surface area contributed by atoms with E-state index in [1.807, 2.05) is 0 Å². The van der Waals surface area contributed by atoms with E-state index >= 15 is 0 Å². The number of aliphatic hydroxyl groups is 3. The van der Waals surface area contributed by atoms with Gasteiger partial charge in [0.15, 0.2) is 5.96 Å². The topological polar surface area (TPSA) is 229 Å². The van der Waals surface area contributed by atoms with Crippen LogP contribution in [0, 0.1) is 0 Å². The summed E-state index contributed by atoms with van der Waals surface area (Å²) in [6.07, 6.45) is -4.05. The molecule has 0 aromatic heterocycles. The first-order valence-corrected chi connectivity index (χ1v) is 12.8. The number of fused-ring (bicyclic) bond motifs is 1. The Morgan fingerprint density at radius 3 is 2.66 bits per heavy atom. The molecule has 2 heterocycles. The van der Waals surface area contributed by atoms with E-state index in [9.17, 15) is 35.1 Å². The molecule has 15 heteroatoms.